The number of rotatable bonds is 3. The van der Waals surface area contributed by atoms with Gasteiger partial charge in [0.05, 0.1) is 23.3 Å². The Kier molecular flexibility index (Phi) is 2.77. The van der Waals surface area contributed by atoms with E-state index in [1.807, 2.05) is 6.92 Å². The van der Waals surface area contributed by atoms with Crippen LogP contribution in [0.1, 0.15) is 20.2 Å². The highest BCUT2D eigenvalue weighted by molar-refractivity contribution is 7.11. The number of hydrogen-bond donors (Lipinski definition) is 2. The third-order valence-electron chi connectivity index (χ3n) is 1.85. The van der Waals surface area contributed by atoms with Gasteiger partial charge >= 0.3 is 0 Å². The predicted molar refractivity (Wildman–Crippen MR) is 56.6 cm³/mol. The Bertz CT molecular complexity index is 448. The summed E-state index contributed by atoms with van der Waals surface area (Å²) < 4.78 is 0. The number of H-pyrrole nitrogens is 1. The summed E-state index contributed by atoms with van der Waals surface area (Å²) in [5.41, 5.74) is 0.538. The number of hydrogen-bond acceptors (Lipinski definition) is 4. The summed E-state index contributed by atoms with van der Waals surface area (Å²) in [6, 6.07) is 0. The molecule has 0 aliphatic heterocycles. The zero-order chi connectivity index (χ0) is 10.7. The van der Waals surface area contributed by atoms with E-state index in [1.54, 1.807) is 23.7 Å². The van der Waals surface area contributed by atoms with E-state index in [0.29, 0.717) is 12.1 Å². The van der Waals surface area contributed by atoms with Gasteiger partial charge < -0.3 is 5.32 Å². The minimum atomic E-state index is -0.130. The van der Waals surface area contributed by atoms with Crippen molar-refractivity contribution in [1.29, 1.82) is 0 Å². The van der Waals surface area contributed by atoms with E-state index < -0.39 is 0 Å². The quantitative estimate of drug-likeness (QED) is 0.817. The highest BCUT2D eigenvalue weighted by Gasteiger charge is 2.06. The Morgan fingerprint density at radius 1 is 1.60 bits per heavy atom. The topological polar surface area (TPSA) is 70.7 Å². The smallest absolute Gasteiger partial charge is 0.254 e. The van der Waals surface area contributed by atoms with E-state index in [9.17, 15) is 4.79 Å². The van der Waals surface area contributed by atoms with Gasteiger partial charge in [0.2, 0.25) is 0 Å². The fourth-order valence-corrected chi connectivity index (χ4v) is 1.87. The van der Waals surface area contributed by atoms with Gasteiger partial charge in [-0.2, -0.15) is 5.10 Å². The Morgan fingerprint density at radius 3 is 3.07 bits per heavy atom. The number of nitrogens with zero attached hydrogens (tertiary/aromatic N) is 2. The zero-order valence-electron chi connectivity index (χ0n) is 8.15. The number of amides is 1. The second-order valence-electron chi connectivity index (χ2n) is 3.02. The van der Waals surface area contributed by atoms with Crippen molar-refractivity contribution in [1.82, 2.24) is 20.5 Å². The summed E-state index contributed by atoms with van der Waals surface area (Å²) in [5.74, 6) is -0.130. The van der Waals surface area contributed by atoms with E-state index >= 15 is 0 Å². The Hall–Kier alpha value is -1.69. The molecule has 2 rings (SSSR count). The number of aryl methyl sites for hydroxylation is 1. The number of aromatic nitrogens is 3. The van der Waals surface area contributed by atoms with Crippen LogP contribution in [0.5, 0.6) is 0 Å². The van der Waals surface area contributed by atoms with Crippen LogP contribution in [-0.4, -0.2) is 21.1 Å². The Balaban J connectivity index is 1.91. The molecule has 2 N–H and O–H groups in total. The fourth-order valence-electron chi connectivity index (χ4n) is 1.13. The van der Waals surface area contributed by atoms with E-state index in [4.69, 9.17) is 0 Å². The molecule has 0 spiro atoms. The molecule has 0 radical (unpaired) electrons. The third kappa shape index (κ3) is 2.41. The van der Waals surface area contributed by atoms with E-state index in [2.05, 4.69) is 20.5 Å². The van der Waals surface area contributed by atoms with Gasteiger partial charge in [-0.15, -0.1) is 11.3 Å². The second-order valence-corrected chi connectivity index (χ2v) is 4.33. The van der Waals surface area contributed by atoms with Crippen molar-refractivity contribution < 1.29 is 4.79 Å². The summed E-state index contributed by atoms with van der Waals surface area (Å²) >= 11 is 1.58. The first-order valence-corrected chi connectivity index (χ1v) is 5.25. The van der Waals surface area contributed by atoms with Gasteiger partial charge in [0.15, 0.2) is 0 Å². The molecule has 15 heavy (non-hydrogen) atoms. The van der Waals surface area contributed by atoms with Crippen LogP contribution in [0.25, 0.3) is 0 Å². The number of carbonyl (C=O) groups excluding carboxylic acids is 1. The lowest BCUT2D eigenvalue weighted by Crippen LogP contribution is -2.21. The monoisotopic (exact) mass is 222 g/mol. The van der Waals surface area contributed by atoms with Crippen LogP contribution in [0.2, 0.25) is 0 Å². The molecule has 0 aromatic carbocycles. The number of thiazole rings is 1. The normalized spacial score (nSPS) is 10.2. The van der Waals surface area contributed by atoms with Crippen LogP contribution in [0.3, 0.4) is 0 Å². The largest absolute Gasteiger partial charge is 0.347 e. The average Bonchev–Trinajstić information content (AvgIpc) is 2.84. The highest BCUT2D eigenvalue weighted by atomic mass is 32.1. The van der Waals surface area contributed by atoms with Crippen LogP contribution in [0.15, 0.2) is 18.6 Å². The van der Waals surface area contributed by atoms with Crippen molar-refractivity contribution in [3.05, 3.63) is 34.0 Å². The predicted octanol–water partition coefficient (Wildman–Crippen LogP) is 1.10. The molecule has 1 amide bonds. The molecule has 6 heteroatoms. The summed E-state index contributed by atoms with van der Waals surface area (Å²) in [4.78, 5) is 16.7. The van der Waals surface area contributed by atoms with Crippen molar-refractivity contribution in [2.45, 2.75) is 13.5 Å². The molecule has 0 fully saturated rings. The van der Waals surface area contributed by atoms with Crippen LogP contribution < -0.4 is 5.32 Å². The molecular formula is C9H10N4OS. The van der Waals surface area contributed by atoms with Gasteiger partial charge in [0.25, 0.3) is 5.91 Å². The molecule has 0 bridgehead atoms. The van der Waals surface area contributed by atoms with Gasteiger partial charge in [-0.25, -0.2) is 4.98 Å². The standard InChI is InChI=1S/C9H10N4OS/c1-6-10-4-8(15-6)5-11-9(14)7-2-12-13-3-7/h2-4H,5H2,1H3,(H,11,14)(H,12,13). The maximum absolute atomic E-state index is 11.5. The third-order valence-corrected chi connectivity index (χ3v) is 2.77. The van der Waals surface area contributed by atoms with Crippen LogP contribution in [0, 0.1) is 6.92 Å². The maximum Gasteiger partial charge on any atom is 0.254 e. The molecule has 78 valence electrons. The molecule has 2 aromatic heterocycles. The lowest BCUT2D eigenvalue weighted by atomic mass is 10.3. The summed E-state index contributed by atoms with van der Waals surface area (Å²) in [5, 5.41) is 10.1. The van der Waals surface area contributed by atoms with E-state index in [-0.39, 0.29) is 5.91 Å². The molecule has 2 aromatic rings. The van der Waals surface area contributed by atoms with E-state index in [1.165, 1.54) is 6.20 Å². The van der Waals surface area contributed by atoms with Gasteiger partial charge in [-0.3, -0.25) is 9.89 Å². The minimum Gasteiger partial charge on any atom is -0.347 e. The molecule has 0 aliphatic carbocycles. The van der Waals surface area contributed by atoms with Crippen molar-refractivity contribution in [3.8, 4) is 0 Å². The van der Waals surface area contributed by atoms with Crippen molar-refractivity contribution >= 4 is 17.2 Å². The Morgan fingerprint density at radius 2 is 2.47 bits per heavy atom. The van der Waals surface area contributed by atoms with Crippen molar-refractivity contribution in [2.24, 2.45) is 0 Å². The maximum atomic E-state index is 11.5. The number of aromatic amines is 1. The number of carbonyl (C=O) groups is 1. The van der Waals surface area contributed by atoms with Gasteiger partial charge in [0, 0.05) is 17.3 Å². The molecule has 2 heterocycles. The van der Waals surface area contributed by atoms with Crippen LogP contribution >= 0.6 is 11.3 Å². The van der Waals surface area contributed by atoms with Gasteiger partial charge in [-0.05, 0) is 6.92 Å². The van der Waals surface area contributed by atoms with Gasteiger partial charge in [-0.1, -0.05) is 0 Å². The zero-order valence-corrected chi connectivity index (χ0v) is 8.97. The first kappa shape index (κ1) is 9.85. The second kappa shape index (κ2) is 4.22. The average molecular weight is 222 g/mol. The SMILES string of the molecule is Cc1ncc(CNC(=O)c2cn[nH]c2)s1. The molecule has 0 unspecified atom stereocenters. The van der Waals surface area contributed by atoms with Crippen LogP contribution in [-0.2, 0) is 6.54 Å². The van der Waals surface area contributed by atoms with Crippen molar-refractivity contribution in [2.75, 3.05) is 0 Å². The fraction of sp³-hybridized carbons (Fsp3) is 0.222. The van der Waals surface area contributed by atoms with Crippen LogP contribution in [0.4, 0.5) is 0 Å². The molecule has 0 saturated heterocycles. The molecule has 5 nitrogen and oxygen atoms in total. The minimum absolute atomic E-state index is 0.130. The lowest BCUT2D eigenvalue weighted by molar-refractivity contribution is 0.0951. The van der Waals surface area contributed by atoms with Gasteiger partial charge in [0.1, 0.15) is 0 Å². The molecule has 0 aliphatic rings. The molecule has 0 atom stereocenters. The first-order valence-electron chi connectivity index (χ1n) is 4.44. The lowest BCUT2D eigenvalue weighted by Gasteiger charge is -1.99. The summed E-state index contributed by atoms with van der Waals surface area (Å²) in [6.07, 6.45) is 4.83. The van der Waals surface area contributed by atoms with Crippen molar-refractivity contribution in [3.63, 3.8) is 0 Å². The van der Waals surface area contributed by atoms with E-state index in [0.717, 1.165) is 9.88 Å². The Labute approximate surface area is 90.6 Å². The highest BCUT2D eigenvalue weighted by Crippen LogP contribution is 2.10. The first-order chi connectivity index (χ1) is 7.25. The summed E-state index contributed by atoms with van der Waals surface area (Å²) in [7, 11) is 0. The summed E-state index contributed by atoms with van der Waals surface area (Å²) in [6.45, 7) is 2.45. The number of nitrogens with one attached hydrogen (secondary N) is 2. The molecular weight excluding hydrogens is 212 g/mol. The molecule has 0 saturated carbocycles.